The lowest BCUT2D eigenvalue weighted by molar-refractivity contribution is -0.384. The van der Waals surface area contributed by atoms with Gasteiger partial charge in [-0.15, -0.1) is 11.3 Å². The first-order valence-corrected chi connectivity index (χ1v) is 9.18. The molecule has 2 N–H and O–H groups in total. The zero-order chi connectivity index (χ0) is 21.0. The van der Waals surface area contributed by atoms with Gasteiger partial charge in [-0.1, -0.05) is 0 Å². The van der Waals surface area contributed by atoms with Gasteiger partial charge in [-0.2, -0.15) is 0 Å². The second-order valence-corrected chi connectivity index (χ2v) is 7.13. The topological polar surface area (TPSA) is 132 Å². The van der Waals surface area contributed by atoms with E-state index in [1.807, 2.05) is 0 Å². The van der Waals surface area contributed by atoms with Crippen molar-refractivity contribution in [2.75, 3.05) is 5.32 Å². The zero-order valence-electron chi connectivity index (χ0n) is 15.1. The van der Waals surface area contributed by atoms with Crippen LogP contribution in [-0.2, 0) is 16.1 Å². The average Bonchev–Trinajstić information content (AvgIpc) is 3.39. The number of ketones is 1. The summed E-state index contributed by atoms with van der Waals surface area (Å²) in [5, 5.41) is 15.6. The Morgan fingerprint density at radius 3 is 2.59 bits per heavy atom. The summed E-state index contributed by atoms with van der Waals surface area (Å²) in [4.78, 5) is 47.6. The second-order valence-electron chi connectivity index (χ2n) is 5.97. The summed E-state index contributed by atoms with van der Waals surface area (Å²) in [7, 11) is 0. The van der Waals surface area contributed by atoms with Gasteiger partial charge in [0, 0.05) is 22.7 Å². The molecule has 0 atom stereocenters. The molecule has 0 saturated heterocycles. The number of benzene rings is 1. The number of furan rings is 1. The van der Waals surface area contributed by atoms with E-state index in [4.69, 9.17) is 4.42 Å². The molecule has 0 aliphatic carbocycles. The Bertz CT molecular complexity index is 1090. The number of anilines is 1. The van der Waals surface area contributed by atoms with Crippen LogP contribution in [0.1, 0.15) is 25.9 Å². The highest BCUT2D eigenvalue weighted by atomic mass is 32.1. The van der Waals surface area contributed by atoms with E-state index in [-0.39, 0.29) is 23.8 Å². The Kier molecular flexibility index (Phi) is 5.84. The standard InChI is InChI=1S/C19H15N3O6S/c1-11-9-12(22(26)27)4-6-14(11)21-19(25)18(24)20-10-13-5-7-16(29-13)17(23)15-3-2-8-28-15/h2-9H,10H2,1H3,(H,20,24)(H,21,25). The van der Waals surface area contributed by atoms with Gasteiger partial charge in [0.1, 0.15) is 0 Å². The number of hydrogen-bond donors (Lipinski definition) is 2. The fourth-order valence-corrected chi connectivity index (χ4v) is 3.34. The summed E-state index contributed by atoms with van der Waals surface area (Å²) in [6.07, 6.45) is 1.41. The molecule has 2 aromatic heterocycles. The van der Waals surface area contributed by atoms with Gasteiger partial charge in [-0.3, -0.25) is 24.5 Å². The van der Waals surface area contributed by atoms with Gasteiger partial charge < -0.3 is 15.1 Å². The lowest BCUT2D eigenvalue weighted by atomic mass is 10.2. The number of nitrogens with one attached hydrogen (secondary N) is 2. The monoisotopic (exact) mass is 413 g/mol. The van der Waals surface area contributed by atoms with Gasteiger partial charge in [0.25, 0.3) is 5.69 Å². The molecule has 3 aromatic rings. The predicted octanol–water partition coefficient (Wildman–Crippen LogP) is 3.04. The van der Waals surface area contributed by atoms with Crippen molar-refractivity contribution in [2.45, 2.75) is 13.5 Å². The molecule has 148 valence electrons. The SMILES string of the molecule is Cc1cc([N+](=O)[O-])ccc1NC(=O)C(=O)NCc1ccc(C(=O)c2ccco2)s1. The van der Waals surface area contributed by atoms with Crippen LogP contribution in [0.25, 0.3) is 0 Å². The molecule has 0 aliphatic rings. The highest BCUT2D eigenvalue weighted by Gasteiger charge is 2.18. The minimum Gasteiger partial charge on any atom is -0.461 e. The third-order valence-electron chi connectivity index (χ3n) is 3.93. The van der Waals surface area contributed by atoms with E-state index in [1.54, 1.807) is 31.2 Å². The number of aryl methyl sites for hydroxylation is 1. The third kappa shape index (κ3) is 4.74. The summed E-state index contributed by atoms with van der Waals surface area (Å²) in [6, 6.07) is 10.4. The van der Waals surface area contributed by atoms with E-state index in [9.17, 15) is 24.5 Å². The van der Waals surface area contributed by atoms with E-state index in [0.29, 0.717) is 21.0 Å². The molecule has 0 bridgehead atoms. The quantitative estimate of drug-likeness (QED) is 0.276. The van der Waals surface area contributed by atoms with E-state index in [2.05, 4.69) is 10.6 Å². The van der Waals surface area contributed by atoms with Crippen LogP contribution in [-0.4, -0.2) is 22.5 Å². The number of hydrogen-bond acceptors (Lipinski definition) is 7. The Morgan fingerprint density at radius 2 is 1.93 bits per heavy atom. The van der Waals surface area contributed by atoms with Crippen LogP contribution in [0.3, 0.4) is 0 Å². The number of thiophene rings is 1. The van der Waals surface area contributed by atoms with Gasteiger partial charge in [-0.25, -0.2) is 0 Å². The number of non-ortho nitro benzene ring substituents is 1. The number of amides is 2. The van der Waals surface area contributed by atoms with Crippen LogP contribution >= 0.6 is 11.3 Å². The van der Waals surface area contributed by atoms with Crippen molar-refractivity contribution in [1.82, 2.24) is 5.32 Å². The number of nitro benzene ring substituents is 1. The van der Waals surface area contributed by atoms with Crippen LogP contribution < -0.4 is 10.6 Å². The molecule has 0 saturated carbocycles. The predicted molar refractivity (Wildman–Crippen MR) is 105 cm³/mol. The van der Waals surface area contributed by atoms with Gasteiger partial charge in [0.05, 0.1) is 22.6 Å². The first-order chi connectivity index (χ1) is 13.8. The Labute approximate surface area is 168 Å². The van der Waals surface area contributed by atoms with Gasteiger partial charge in [-0.05, 0) is 42.8 Å². The molecule has 0 fully saturated rings. The maximum Gasteiger partial charge on any atom is 0.313 e. The minimum atomic E-state index is -0.898. The number of nitrogens with zero attached hydrogens (tertiary/aromatic N) is 1. The summed E-state index contributed by atoms with van der Waals surface area (Å²) in [5.41, 5.74) is 0.653. The summed E-state index contributed by atoms with van der Waals surface area (Å²) in [5.74, 6) is -1.80. The summed E-state index contributed by atoms with van der Waals surface area (Å²) < 4.78 is 5.07. The van der Waals surface area contributed by atoms with Crippen LogP contribution in [0.15, 0.2) is 53.1 Å². The molecule has 0 aliphatic heterocycles. The Hall–Kier alpha value is -3.79. The lowest BCUT2D eigenvalue weighted by Crippen LogP contribution is -2.34. The number of carbonyl (C=O) groups excluding carboxylic acids is 3. The Morgan fingerprint density at radius 1 is 1.14 bits per heavy atom. The van der Waals surface area contributed by atoms with Crippen molar-refractivity contribution in [3.05, 3.63) is 79.9 Å². The molecular formula is C19H15N3O6S. The average molecular weight is 413 g/mol. The van der Waals surface area contributed by atoms with E-state index >= 15 is 0 Å². The van der Waals surface area contributed by atoms with Gasteiger partial charge >= 0.3 is 11.8 Å². The number of rotatable bonds is 6. The summed E-state index contributed by atoms with van der Waals surface area (Å²) >= 11 is 1.18. The molecule has 0 unspecified atom stereocenters. The normalized spacial score (nSPS) is 10.4. The zero-order valence-corrected chi connectivity index (χ0v) is 15.9. The van der Waals surface area contributed by atoms with Crippen molar-refractivity contribution in [3.8, 4) is 0 Å². The second kappa shape index (κ2) is 8.48. The van der Waals surface area contributed by atoms with Crippen molar-refractivity contribution < 1.29 is 23.7 Å². The highest BCUT2D eigenvalue weighted by molar-refractivity contribution is 7.14. The molecule has 1 aromatic carbocycles. The largest absolute Gasteiger partial charge is 0.461 e. The molecule has 9 nitrogen and oxygen atoms in total. The van der Waals surface area contributed by atoms with Crippen molar-refractivity contribution in [2.24, 2.45) is 0 Å². The molecule has 2 amide bonds. The Balaban J connectivity index is 1.56. The molecular weight excluding hydrogens is 398 g/mol. The van der Waals surface area contributed by atoms with Crippen molar-refractivity contribution in [3.63, 3.8) is 0 Å². The molecule has 29 heavy (non-hydrogen) atoms. The van der Waals surface area contributed by atoms with E-state index in [1.165, 1.54) is 35.8 Å². The van der Waals surface area contributed by atoms with Crippen LogP contribution in [0.5, 0.6) is 0 Å². The summed E-state index contributed by atoms with van der Waals surface area (Å²) in [6.45, 7) is 1.66. The lowest BCUT2D eigenvalue weighted by Gasteiger charge is -2.08. The molecule has 0 radical (unpaired) electrons. The highest BCUT2D eigenvalue weighted by Crippen LogP contribution is 2.22. The first-order valence-electron chi connectivity index (χ1n) is 8.36. The van der Waals surface area contributed by atoms with Crippen LogP contribution in [0.4, 0.5) is 11.4 Å². The minimum absolute atomic E-state index is 0.0710. The molecule has 2 heterocycles. The smallest absolute Gasteiger partial charge is 0.313 e. The fourth-order valence-electron chi connectivity index (χ4n) is 2.45. The molecule has 0 spiro atoms. The van der Waals surface area contributed by atoms with Crippen LogP contribution in [0.2, 0.25) is 0 Å². The molecule has 3 rings (SSSR count). The van der Waals surface area contributed by atoms with Crippen molar-refractivity contribution in [1.29, 1.82) is 0 Å². The van der Waals surface area contributed by atoms with Crippen LogP contribution in [0, 0.1) is 17.0 Å². The first kappa shape index (κ1) is 20.0. The maximum atomic E-state index is 12.2. The van der Waals surface area contributed by atoms with Gasteiger partial charge in [0.2, 0.25) is 5.78 Å². The fraction of sp³-hybridized carbons (Fsp3) is 0.105. The van der Waals surface area contributed by atoms with Gasteiger partial charge in [0.15, 0.2) is 5.76 Å². The third-order valence-corrected chi connectivity index (χ3v) is 5.01. The van der Waals surface area contributed by atoms with E-state index < -0.39 is 16.7 Å². The number of nitro groups is 1. The maximum absolute atomic E-state index is 12.2. The van der Waals surface area contributed by atoms with E-state index in [0.717, 1.165) is 0 Å². The van der Waals surface area contributed by atoms with Crippen molar-refractivity contribution >= 4 is 40.3 Å². The molecule has 10 heteroatoms. The number of carbonyl (C=O) groups is 3.